The Labute approximate surface area is 535 Å². The van der Waals surface area contributed by atoms with Crippen LogP contribution < -0.4 is 55.4 Å². The van der Waals surface area contributed by atoms with E-state index in [-0.39, 0.29) is 16.2 Å². The van der Waals surface area contributed by atoms with Crippen molar-refractivity contribution in [3.05, 3.63) is 264 Å². The maximum absolute atomic E-state index is 8.58. The van der Waals surface area contributed by atoms with Crippen LogP contribution in [0.5, 0.6) is 23.0 Å². The summed E-state index contributed by atoms with van der Waals surface area (Å²) in [4.78, 5) is 10.7. The number of anilines is 12. The van der Waals surface area contributed by atoms with Crippen LogP contribution in [0.4, 0.5) is 68.2 Å². The fourth-order valence-corrected chi connectivity index (χ4v) is 39.8. The van der Waals surface area contributed by atoms with Crippen molar-refractivity contribution in [2.45, 2.75) is 69.3 Å². The topological polar surface area (TPSA) is 31.4 Å². The molecule has 2 atom stereocenters. The summed E-state index contributed by atoms with van der Waals surface area (Å²) in [6.07, 6.45) is 0. The molecule has 0 radical (unpaired) electrons. The molecule has 8 heteroatoms. The monoisotopic (exact) mass is 1290 g/mol. The van der Waals surface area contributed by atoms with Crippen LogP contribution in [0, 0.1) is 0 Å². The Hall–Kier alpha value is -9.47. The summed E-state index contributed by atoms with van der Waals surface area (Å²) >= 11 is -8.59. The van der Waals surface area contributed by atoms with Crippen molar-refractivity contribution in [3.8, 4) is 56.4 Å². The van der Waals surface area contributed by atoms with Crippen LogP contribution in [-0.4, -0.2) is 26.5 Å². The molecule has 0 saturated carbocycles. The van der Waals surface area contributed by atoms with Crippen LogP contribution in [0.2, 0.25) is 11.5 Å². The van der Waals surface area contributed by atoms with Crippen molar-refractivity contribution in [2.24, 2.45) is 0 Å². The predicted molar refractivity (Wildman–Crippen MR) is 379 cm³/mol. The molecular weight excluding hydrogens is 1230 g/mol. The van der Waals surface area contributed by atoms with Gasteiger partial charge in [0, 0.05) is 0 Å². The minimum absolute atomic E-state index is 0.335. The van der Waals surface area contributed by atoms with E-state index < -0.39 is 26.5 Å². The van der Waals surface area contributed by atoms with Crippen molar-refractivity contribution in [2.75, 3.05) is 19.6 Å². The zero-order valence-corrected chi connectivity index (χ0v) is 56.2. The van der Waals surface area contributed by atoms with Crippen molar-refractivity contribution in [3.63, 3.8) is 0 Å². The molecule has 0 saturated heterocycles. The van der Waals surface area contributed by atoms with Gasteiger partial charge in [-0.3, -0.25) is 0 Å². The van der Waals surface area contributed by atoms with Crippen LogP contribution in [0.25, 0.3) is 33.4 Å². The summed E-state index contributed by atoms with van der Waals surface area (Å²) < 4.78 is 25.2. The Balaban J connectivity index is 1.00. The van der Waals surface area contributed by atoms with E-state index >= 15 is 0 Å². The molecule has 9 aliphatic rings. The van der Waals surface area contributed by atoms with Crippen molar-refractivity contribution >= 4 is 121 Å². The number of hydrogen-bond acceptors (Lipinski definition) is 6. The van der Waals surface area contributed by atoms with E-state index in [2.05, 4.69) is 303 Å². The van der Waals surface area contributed by atoms with Gasteiger partial charge in [-0.05, 0) is 0 Å². The Bertz CT molecular complexity index is 5390. The van der Waals surface area contributed by atoms with E-state index in [0.717, 1.165) is 57.1 Å². The number of hydrogen-bond donors (Lipinski definition) is 0. The molecule has 0 fully saturated rings. The van der Waals surface area contributed by atoms with Gasteiger partial charge in [0.15, 0.2) is 0 Å². The molecule has 6 aliphatic heterocycles. The fraction of sp³-hybridized carbons (Fsp3) is 0.133. The number of rotatable bonds is 4. The van der Waals surface area contributed by atoms with E-state index in [1.54, 1.807) is 0 Å². The van der Waals surface area contributed by atoms with E-state index in [9.17, 15) is 0 Å². The first-order valence-electron chi connectivity index (χ1n) is 32.4. The molecule has 0 bridgehead atoms. The Morgan fingerprint density at radius 1 is 0.275 bits per heavy atom. The van der Waals surface area contributed by atoms with Crippen molar-refractivity contribution in [1.29, 1.82) is 0 Å². The van der Waals surface area contributed by atoms with E-state index in [0.29, 0.717) is 0 Å². The molecule has 0 amide bonds. The molecule has 91 heavy (non-hydrogen) atoms. The molecule has 12 aromatic carbocycles. The summed E-state index contributed by atoms with van der Waals surface area (Å²) in [7, 11) is 0. The standard InChI is InChI=1S/C83H62Ge2N4O2/c1-81(2)57-39-24-21-36-51(57)54-44-61-69-74(65(54)81)86(47-28-13-9-14-29-47)60-42-27-43-63-68(60)84(69,7)72-77(87(61)48-30-15-10-16-31-48)80-73-78(79(72)90-63)88(49-32-17-11-18-33-49)62-45-55-52-37-22-25-40-58(52)82(3,4)66(55)75-70(62)85(73,8)71-64(91-80)46-56-53-38-23-26-41-59(53)83(5,6)67(56)76(71)89(75)50-34-19-12-20-35-50/h9-46H,1-8H3. The Kier molecular flexibility index (Phi) is 9.42. The third kappa shape index (κ3) is 5.76. The zero-order chi connectivity index (χ0) is 60.7. The first-order chi connectivity index (χ1) is 44.2. The number of para-hydroxylation sites is 4. The summed E-state index contributed by atoms with van der Waals surface area (Å²) in [6, 6.07) is 87.6. The third-order valence-corrected chi connectivity index (χ3v) is 41.7. The van der Waals surface area contributed by atoms with Crippen molar-refractivity contribution < 1.29 is 9.47 Å². The number of ether oxygens (including phenoxy) is 2. The summed E-state index contributed by atoms with van der Waals surface area (Å²) in [5.41, 5.74) is 29.2. The van der Waals surface area contributed by atoms with Gasteiger partial charge in [-0.1, -0.05) is 0 Å². The van der Waals surface area contributed by atoms with Crippen LogP contribution in [-0.2, 0) is 16.2 Å². The number of benzene rings is 12. The van der Waals surface area contributed by atoms with E-state index in [1.807, 2.05) is 0 Å². The number of nitrogens with zero attached hydrogens (tertiary/aromatic N) is 4. The maximum atomic E-state index is 8.58. The average molecular weight is 1290 g/mol. The fourth-order valence-electron chi connectivity index (χ4n) is 19.6. The Morgan fingerprint density at radius 3 is 1.05 bits per heavy atom. The Morgan fingerprint density at radius 2 is 0.615 bits per heavy atom. The van der Waals surface area contributed by atoms with Gasteiger partial charge in [0.1, 0.15) is 0 Å². The molecule has 0 spiro atoms. The summed E-state index contributed by atoms with van der Waals surface area (Å²) in [6.45, 7) is 14.9. The second-order valence-electron chi connectivity index (χ2n) is 28.5. The molecule has 3 aliphatic carbocycles. The molecular formula is C83H62Ge2N4O2. The summed E-state index contributed by atoms with van der Waals surface area (Å²) in [5, 5.41) is 0. The van der Waals surface area contributed by atoms with Gasteiger partial charge < -0.3 is 0 Å². The number of fused-ring (bicyclic) bond motifs is 14. The van der Waals surface area contributed by atoms with Crippen LogP contribution in [0.1, 0.15) is 74.9 Å². The molecule has 0 N–H and O–H groups in total. The molecule has 0 aromatic heterocycles. The minimum atomic E-state index is -4.37. The van der Waals surface area contributed by atoms with Crippen LogP contribution >= 0.6 is 0 Å². The molecule has 6 nitrogen and oxygen atoms in total. The second kappa shape index (κ2) is 16.7. The van der Waals surface area contributed by atoms with Gasteiger partial charge in [0.05, 0.1) is 0 Å². The zero-order valence-electron chi connectivity index (χ0n) is 52.0. The first kappa shape index (κ1) is 51.3. The molecule has 12 aromatic rings. The van der Waals surface area contributed by atoms with Gasteiger partial charge in [0.25, 0.3) is 0 Å². The SMILES string of the molecule is CC1(C)c2ccccc2-c2cc3[c]4c(c21)N(c1ccccc1)c1c2c(cc5[c]1[Ge]4([CH3])[c]1c(c4[c]6c(c1N5c1ccccc1)Oc1cccc5[c]1[Ge]6([CH3])[c]1c(cc6c(c1N5c1ccccc1)C(C)(C)c1ccccc1-6)N4c1ccccc1)O3)-c1ccccc1C2(C)C. The molecule has 21 rings (SSSR count). The van der Waals surface area contributed by atoms with Crippen LogP contribution in [0.3, 0.4) is 0 Å². The van der Waals surface area contributed by atoms with Gasteiger partial charge in [0.2, 0.25) is 0 Å². The molecule has 2 unspecified atom stereocenters. The van der Waals surface area contributed by atoms with E-state index in [1.165, 1.54) is 127 Å². The summed E-state index contributed by atoms with van der Waals surface area (Å²) in [5.74, 6) is 9.40. The quantitative estimate of drug-likeness (QED) is 0.163. The van der Waals surface area contributed by atoms with E-state index in [4.69, 9.17) is 9.47 Å². The second-order valence-corrected chi connectivity index (χ2v) is 44.2. The van der Waals surface area contributed by atoms with Crippen molar-refractivity contribution in [1.82, 2.24) is 0 Å². The average Bonchev–Trinajstić information content (AvgIpc) is 1.46. The van der Waals surface area contributed by atoms with Gasteiger partial charge in [-0.15, -0.1) is 0 Å². The molecule has 434 valence electrons. The van der Waals surface area contributed by atoms with Crippen LogP contribution in [0.15, 0.2) is 231 Å². The normalized spacial score (nSPS) is 19.6. The third-order valence-electron chi connectivity index (χ3n) is 23.1. The molecule has 6 heterocycles. The first-order valence-corrected chi connectivity index (χ1v) is 42.8. The van der Waals surface area contributed by atoms with Gasteiger partial charge >= 0.3 is 540 Å². The predicted octanol–water partition coefficient (Wildman–Crippen LogP) is 18.1. The van der Waals surface area contributed by atoms with Gasteiger partial charge in [-0.25, -0.2) is 0 Å². The van der Waals surface area contributed by atoms with Gasteiger partial charge in [-0.2, -0.15) is 0 Å².